The minimum Gasteiger partial charge on any atom is -0.469 e. The van der Waals surface area contributed by atoms with E-state index in [-0.39, 0.29) is 17.9 Å². The fraction of sp³-hybridized carbons (Fsp3) is 0.286. The molecule has 0 N–H and O–H groups in total. The summed E-state index contributed by atoms with van der Waals surface area (Å²) in [5, 5.41) is 1.07. The molecule has 3 aromatic rings. The van der Waals surface area contributed by atoms with Crippen molar-refractivity contribution in [1.29, 1.82) is 0 Å². The van der Waals surface area contributed by atoms with Crippen molar-refractivity contribution in [2.75, 3.05) is 14.2 Å². The van der Waals surface area contributed by atoms with Crippen LogP contribution in [0.2, 0.25) is 0 Å². The van der Waals surface area contributed by atoms with Crippen LogP contribution in [0.4, 0.5) is 0 Å². The second kappa shape index (κ2) is 8.86. The summed E-state index contributed by atoms with van der Waals surface area (Å²) in [4.78, 5) is 27.4. The number of aryl methyl sites for hydroxylation is 1. The van der Waals surface area contributed by atoms with Crippen LogP contribution in [0.3, 0.4) is 0 Å². The molecule has 2 heterocycles. The maximum absolute atomic E-state index is 13.2. The Labute approximate surface area is 199 Å². The molecule has 6 nitrogen and oxygen atoms in total. The predicted octanol–water partition coefficient (Wildman–Crippen LogP) is 4.62. The van der Waals surface area contributed by atoms with Crippen molar-refractivity contribution < 1.29 is 19.1 Å². The summed E-state index contributed by atoms with van der Waals surface area (Å²) in [5.41, 5.74) is 5.40. The lowest BCUT2D eigenvalue weighted by molar-refractivity contribution is -0.144. The largest absolute Gasteiger partial charge is 0.469 e. The standard InChI is InChI=1S/C28H28N2O4/c1-29-22-12-8-7-11-20(22)25-26(28(32)34-3)21-15-23(27(25)29)30(16-18-9-5-4-6-10-18)17-19(21)13-14-24(31)33-2/h4-14,17,21,23,26H,15-16H2,1-3H3/b14-13+/t21-,23-,26-/m1/s1. The van der Waals surface area contributed by atoms with Crippen LogP contribution in [0.1, 0.15) is 35.2 Å². The van der Waals surface area contributed by atoms with E-state index in [9.17, 15) is 9.59 Å². The maximum atomic E-state index is 13.2. The molecule has 2 aromatic carbocycles. The Morgan fingerprint density at radius 1 is 1.03 bits per heavy atom. The van der Waals surface area contributed by atoms with Crippen molar-refractivity contribution in [1.82, 2.24) is 9.47 Å². The van der Waals surface area contributed by atoms with Gasteiger partial charge in [-0.2, -0.15) is 0 Å². The number of ether oxygens (including phenoxy) is 2. The van der Waals surface area contributed by atoms with E-state index in [1.165, 1.54) is 25.9 Å². The van der Waals surface area contributed by atoms with E-state index < -0.39 is 11.9 Å². The number of aromatic nitrogens is 1. The zero-order chi connectivity index (χ0) is 23.8. The molecule has 0 fully saturated rings. The highest BCUT2D eigenvalue weighted by Gasteiger charge is 2.47. The van der Waals surface area contributed by atoms with Gasteiger partial charge in [-0.1, -0.05) is 54.6 Å². The molecule has 0 amide bonds. The number of rotatable bonds is 5. The highest BCUT2D eigenvalue weighted by Crippen LogP contribution is 2.53. The number of hydrogen-bond acceptors (Lipinski definition) is 5. The highest BCUT2D eigenvalue weighted by molar-refractivity contribution is 5.93. The van der Waals surface area contributed by atoms with Crippen molar-refractivity contribution in [2.45, 2.75) is 24.9 Å². The average Bonchev–Trinajstić information content (AvgIpc) is 3.17. The lowest BCUT2D eigenvalue weighted by atomic mass is 9.69. The molecule has 2 aliphatic rings. The van der Waals surface area contributed by atoms with Gasteiger partial charge in [-0.15, -0.1) is 0 Å². The van der Waals surface area contributed by atoms with Crippen LogP contribution in [-0.4, -0.2) is 35.6 Å². The quantitative estimate of drug-likeness (QED) is 0.414. The smallest absolute Gasteiger partial charge is 0.330 e. The number of fused-ring (bicyclic) bond motifs is 6. The number of carbonyl (C=O) groups is 2. The molecule has 6 heteroatoms. The van der Waals surface area contributed by atoms with Gasteiger partial charge in [-0.25, -0.2) is 4.79 Å². The molecular formula is C28H28N2O4. The summed E-state index contributed by atoms with van der Waals surface area (Å²) in [6, 6.07) is 18.6. The lowest BCUT2D eigenvalue weighted by Crippen LogP contribution is -2.40. The van der Waals surface area contributed by atoms with Crippen molar-refractivity contribution in [2.24, 2.45) is 13.0 Å². The summed E-state index contributed by atoms with van der Waals surface area (Å²) in [6.45, 7) is 0.720. The third-order valence-electron chi connectivity index (χ3n) is 7.12. The number of nitrogens with zero attached hydrogens (tertiary/aromatic N) is 2. The Balaban J connectivity index is 1.71. The van der Waals surface area contributed by atoms with E-state index in [2.05, 4.69) is 47.0 Å². The van der Waals surface area contributed by atoms with Crippen LogP contribution in [0, 0.1) is 5.92 Å². The van der Waals surface area contributed by atoms with Crippen LogP contribution >= 0.6 is 0 Å². The van der Waals surface area contributed by atoms with Crippen LogP contribution in [0.15, 0.2) is 78.5 Å². The molecule has 1 aromatic heterocycles. The second-order valence-electron chi connectivity index (χ2n) is 8.88. The van der Waals surface area contributed by atoms with Crippen molar-refractivity contribution >= 4 is 22.8 Å². The first-order valence-corrected chi connectivity index (χ1v) is 11.5. The maximum Gasteiger partial charge on any atom is 0.330 e. The van der Waals surface area contributed by atoms with E-state index in [1.807, 2.05) is 30.3 Å². The van der Waals surface area contributed by atoms with Gasteiger partial charge in [0.2, 0.25) is 0 Å². The first-order valence-electron chi connectivity index (χ1n) is 11.5. The van der Waals surface area contributed by atoms with E-state index in [4.69, 9.17) is 9.47 Å². The number of hydrogen-bond donors (Lipinski definition) is 0. The number of esters is 2. The van der Waals surface area contributed by atoms with Gasteiger partial charge in [0.05, 0.1) is 26.2 Å². The molecule has 0 radical (unpaired) electrons. The average molecular weight is 457 g/mol. The number of methoxy groups -OCH3 is 2. The number of benzene rings is 2. The molecule has 34 heavy (non-hydrogen) atoms. The summed E-state index contributed by atoms with van der Waals surface area (Å²) in [6.07, 6.45) is 6.07. The normalized spacial score (nSPS) is 21.3. The van der Waals surface area contributed by atoms with E-state index in [0.29, 0.717) is 0 Å². The van der Waals surface area contributed by atoms with Crippen LogP contribution < -0.4 is 0 Å². The van der Waals surface area contributed by atoms with E-state index in [1.54, 1.807) is 6.08 Å². The fourth-order valence-electron chi connectivity index (χ4n) is 5.62. The first-order chi connectivity index (χ1) is 16.5. The van der Waals surface area contributed by atoms with Crippen molar-refractivity contribution in [3.8, 4) is 0 Å². The monoisotopic (exact) mass is 456 g/mol. The molecule has 0 saturated heterocycles. The Bertz CT molecular complexity index is 1300. The van der Waals surface area contributed by atoms with E-state index >= 15 is 0 Å². The van der Waals surface area contributed by atoms with Gasteiger partial charge in [0, 0.05) is 48.4 Å². The molecule has 1 aliphatic carbocycles. The van der Waals surface area contributed by atoms with Gasteiger partial charge >= 0.3 is 11.9 Å². The third-order valence-corrected chi connectivity index (χ3v) is 7.12. The fourth-order valence-corrected chi connectivity index (χ4v) is 5.62. The molecule has 0 saturated carbocycles. The summed E-state index contributed by atoms with van der Waals surface area (Å²) in [7, 11) is 4.88. The zero-order valence-electron chi connectivity index (χ0n) is 19.6. The molecule has 1 aliphatic heterocycles. The predicted molar refractivity (Wildman–Crippen MR) is 130 cm³/mol. The third kappa shape index (κ3) is 3.59. The number of allylic oxidation sites excluding steroid dienone is 2. The SMILES string of the molecule is COC(=O)/C=C/C1=CN(Cc2ccccc2)[C@@H]2C[C@H]1[C@@H](C(=O)OC)c1c2n(C)c2ccccc12. The van der Waals surface area contributed by atoms with Crippen molar-refractivity contribution in [3.05, 3.63) is 95.3 Å². The minimum absolute atomic E-state index is 0.0915. The number of para-hydroxylation sites is 1. The van der Waals surface area contributed by atoms with E-state index in [0.717, 1.165) is 40.7 Å². The van der Waals surface area contributed by atoms with Gasteiger partial charge in [0.25, 0.3) is 0 Å². The summed E-state index contributed by atoms with van der Waals surface area (Å²) >= 11 is 0. The Hall–Kier alpha value is -3.80. The molecule has 5 rings (SSSR count). The van der Waals surface area contributed by atoms with Gasteiger partial charge in [0.1, 0.15) is 0 Å². The molecule has 0 spiro atoms. The lowest BCUT2D eigenvalue weighted by Gasteiger charge is -2.45. The van der Waals surface area contributed by atoms with Crippen LogP contribution in [0.5, 0.6) is 0 Å². The topological polar surface area (TPSA) is 60.8 Å². The summed E-state index contributed by atoms with van der Waals surface area (Å²) in [5.74, 6) is -1.23. The Morgan fingerprint density at radius 3 is 2.50 bits per heavy atom. The van der Waals surface area contributed by atoms with Crippen molar-refractivity contribution in [3.63, 3.8) is 0 Å². The van der Waals surface area contributed by atoms with Crippen LogP contribution in [-0.2, 0) is 32.7 Å². The highest BCUT2D eigenvalue weighted by atomic mass is 16.5. The number of carbonyl (C=O) groups excluding carboxylic acids is 2. The van der Waals surface area contributed by atoms with Gasteiger partial charge in [0.15, 0.2) is 0 Å². The zero-order valence-corrected chi connectivity index (χ0v) is 19.6. The molecular weight excluding hydrogens is 428 g/mol. The van der Waals surface area contributed by atoms with Crippen LogP contribution in [0.25, 0.3) is 10.9 Å². The van der Waals surface area contributed by atoms with Gasteiger partial charge < -0.3 is 18.9 Å². The molecule has 0 unspecified atom stereocenters. The van der Waals surface area contributed by atoms with Gasteiger partial charge in [-0.05, 0) is 29.2 Å². The van der Waals surface area contributed by atoms with Gasteiger partial charge in [-0.3, -0.25) is 4.79 Å². The Kier molecular flexibility index (Phi) is 5.74. The second-order valence-corrected chi connectivity index (χ2v) is 8.88. The molecule has 3 atom stereocenters. The Morgan fingerprint density at radius 2 is 1.76 bits per heavy atom. The first kappa shape index (κ1) is 22.0. The molecule has 2 bridgehead atoms. The molecule has 174 valence electrons. The summed E-state index contributed by atoms with van der Waals surface area (Å²) < 4.78 is 12.4. The minimum atomic E-state index is -0.449.